The van der Waals surface area contributed by atoms with Crippen LogP contribution >= 0.6 is 0 Å². The van der Waals surface area contributed by atoms with Crippen LogP contribution in [0.4, 0.5) is 0 Å². The van der Waals surface area contributed by atoms with Gasteiger partial charge >= 0.3 is 0 Å². The normalized spacial score (nSPS) is 12.6. The molecule has 4 nitrogen and oxygen atoms in total. The number of hydrogen-bond acceptors (Lipinski definition) is 4. The van der Waals surface area contributed by atoms with E-state index in [1.54, 1.807) is 0 Å². The van der Waals surface area contributed by atoms with E-state index < -0.39 is 6.10 Å². The van der Waals surface area contributed by atoms with Crippen LogP contribution in [-0.4, -0.2) is 22.2 Å². The summed E-state index contributed by atoms with van der Waals surface area (Å²) in [5.41, 5.74) is 0.502. The third-order valence-electron chi connectivity index (χ3n) is 1.59. The summed E-state index contributed by atoms with van der Waals surface area (Å²) in [5.74, 6) is 0.395. The predicted molar refractivity (Wildman–Crippen MR) is 43.8 cm³/mol. The Labute approximate surface area is 71.2 Å². The zero-order chi connectivity index (χ0) is 8.97. The molecule has 66 valence electrons. The molecule has 0 aliphatic carbocycles. The second-order valence-electron chi connectivity index (χ2n) is 2.37. The summed E-state index contributed by atoms with van der Waals surface area (Å²) in [6.07, 6.45) is 3.09. The second kappa shape index (κ2) is 4.01. The number of methoxy groups -OCH3 is 1. The molecule has 0 aliphatic heterocycles. The van der Waals surface area contributed by atoms with Gasteiger partial charge in [-0.05, 0) is 6.42 Å². The molecule has 1 atom stereocenters. The summed E-state index contributed by atoms with van der Waals surface area (Å²) < 4.78 is 4.93. The Morgan fingerprint density at radius 3 is 2.75 bits per heavy atom. The summed E-state index contributed by atoms with van der Waals surface area (Å²) in [6.45, 7) is 1.87. The molecule has 0 saturated carbocycles. The maximum atomic E-state index is 9.46. The Morgan fingerprint density at radius 1 is 1.50 bits per heavy atom. The van der Waals surface area contributed by atoms with E-state index >= 15 is 0 Å². The van der Waals surface area contributed by atoms with Gasteiger partial charge < -0.3 is 9.84 Å². The molecule has 0 radical (unpaired) electrons. The van der Waals surface area contributed by atoms with Crippen LogP contribution in [0.5, 0.6) is 5.88 Å². The first-order chi connectivity index (χ1) is 5.79. The second-order valence-corrected chi connectivity index (χ2v) is 2.37. The number of ether oxygens (including phenoxy) is 1. The molecule has 0 aromatic carbocycles. The highest BCUT2D eigenvalue weighted by molar-refractivity contribution is 5.19. The molecule has 1 heterocycles. The molecule has 4 heteroatoms. The van der Waals surface area contributed by atoms with Gasteiger partial charge in [0.2, 0.25) is 5.88 Å². The molecular weight excluding hydrogens is 156 g/mol. The molecule has 1 unspecified atom stereocenters. The predicted octanol–water partition coefficient (Wildman–Crippen LogP) is 0.929. The Bertz CT molecular complexity index is 253. The molecule has 12 heavy (non-hydrogen) atoms. The van der Waals surface area contributed by atoms with Gasteiger partial charge in [0.25, 0.3) is 0 Å². The maximum Gasteiger partial charge on any atom is 0.238 e. The number of aliphatic hydroxyl groups excluding tert-OH is 1. The monoisotopic (exact) mass is 168 g/mol. The first-order valence-electron chi connectivity index (χ1n) is 3.82. The van der Waals surface area contributed by atoms with Crippen LogP contribution in [0.2, 0.25) is 0 Å². The number of aromatic nitrogens is 2. The van der Waals surface area contributed by atoms with Crippen molar-refractivity contribution in [1.82, 2.24) is 9.97 Å². The standard InChI is InChI=1S/C8H12N2O2/c1-3-6(11)7-8(12-2)10-5-4-9-7/h4-6,11H,3H2,1-2H3. The van der Waals surface area contributed by atoms with Crippen molar-refractivity contribution in [1.29, 1.82) is 0 Å². The van der Waals surface area contributed by atoms with Crippen molar-refractivity contribution in [3.8, 4) is 5.88 Å². The van der Waals surface area contributed by atoms with E-state index in [1.807, 2.05) is 6.92 Å². The number of rotatable bonds is 3. The molecule has 0 spiro atoms. The Kier molecular flexibility index (Phi) is 2.99. The van der Waals surface area contributed by atoms with Crippen molar-refractivity contribution in [3.63, 3.8) is 0 Å². The molecule has 0 amide bonds. The third-order valence-corrected chi connectivity index (χ3v) is 1.59. The smallest absolute Gasteiger partial charge is 0.238 e. The summed E-state index contributed by atoms with van der Waals surface area (Å²) in [6, 6.07) is 0. The number of hydrogen-bond donors (Lipinski definition) is 1. The van der Waals surface area contributed by atoms with Crippen molar-refractivity contribution in [2.75, 3.05) is 7.11 Å². The highest BCUT2D eigenvalue weighted by Gasteiger charge is 2.12. The highest BCUT2D eigenvalue weighted by Crippen LogP contribution is 2.21. The molecule has 1 rings (SSSR count). The Morgan fingerprint density at radius 2 is 2.17 bits per heavy atom. The Hall–Kier alpha value is -1.16. The van der Waals surface area contributed by atoms with Gasteiger partial charge in [-0.1, -0.05) is 6.92 Å². The van der Waals surface area contributed by atoms with E-state index in [0.717, 1.165) is 0 Å². The van der Waals surface area contributed by atoms with Crippen LogP contribution < -0.4 is 4.74 Å². The molecule has 1 aromatic rings. The lowest BCUT2D eigenvalue weighted by Crippen LogP contribution is -2.03. The lowest BCUT2D eigenvalue weighted by Gasteiger charge is -2.09. The van der Waals surface area contributed by atoms with Crippen molar-refractivity contribution < 1.29 is 9.84 Å². The van der Waals surface area contributed by atoms with Gasteiger partial charge in [0.1, 0.15) is 11.8 Å². The molecule has 0 bridgehead atoms. The molecule has 0 aliphatic rings. The quantitative estimate of drug-likeness (QED) is 0.729. The summed E-state index contributed by atoms with van der Waals surface area (Å²) in [4.78, 5) is 7.90. The van der Waals surface area contributed by atoms with Gasteiger partial charge in [0.15, 0.2) is 0 Å². The molecule has 1 N–H and O–H groups in total. The molecule has 0 fully saturated rings. The SMILES string of the molecule is CCC(O)c1nccnc1OC. The highest BCUT2D eigenvalue weighted by atomic mass is 16.5. The molecule has 0 saturated heterocycles. The molecular formula is C8H12N2O2. The van der Waals surface area contributed by atoms with E-state index in [4.69, 9.17) is 4.74 Å². The third kappa shape index (κ3) is 1.71. The lowest BCUT2D eigenvalue weighted by molar-refractivity contribution is 0.163. The van der Waals surface area contributed by atoms with Crippen LogP contribution in [-0.2, 0) is 0 Å². The van der Waals surface area contributed by atoms with E-state index in [0.29, 0.717) is 18.0 Å². The minimum Gasteiger partial charge on any atom is -0.480 e. The van der Waals surface area contributed by atoms with Gasteiger partial charge in [-0.2, -0.15) is 0 Å². The van der Waals surface area contributed by atoms with Crippen molar-refractivity contribution in [2.45, 2.75) is 19.4 Å². The fourth-order valence-electron chi connectivity index (χ4n) is 0.915. The summed E-state index contributed by atoms with van der Waals surface area (Å²) in [7, 11) is 1.51. The Balaban J connectivity index is 2.96. The van der Waals surface area contributed by atoms with Gasteiger partial charge in [0.05, 0.1) is 7.11 Å². The lowest BCUT2D eigenvalue weighted by atomic mass is 10.2. The van der Waals surface area contributed by atoms with Crippen LogP contribution in [0.3, 0.4) is 0 Å². The van der Waals surface area contributed by atoms with Gasteiger partial charge in [0, 0.05) is 12.4 Å². The van der Waals surface area contributed by atoms with Crippen LogP contribution in [0.25, 0.3) is 0 Å². The van der Waals surface area contributed by atoms with Crippen molar-refractivity contribution >= 4 is 0 Å². The van der Waals surface area contributed by atoms with Crippen molar-refractivity contribution in [2.24, 2.45) is 0 Å². The average Bonchev–Trinajstić information content (AvgIpc) is 2.16. The van der Waals surface area contributed by atoms with E-state index in [9.17, 15) is 5.11 Å². The first kappa shape index (κ1) is 8.93. The van der Waals surface area contributed by atoms with Gasteiger partial charge in [-0.15, -0.1) is 0 Å². The summed E-state index contributed by atoms with van der Waals surface area (Å²) >= 11 is 0. The van der Waals surface area contributed by atoms with E-state index in [-0.39, 0.29) is 0 Å². The minimum absolute atomic E-state index is 0.395. The van der Waals surface area contributed by atoms with E-state index in [2.05, 4.69) is 9.97 Å². The fraction of sp³-hybridized carbons (Fsp3) is 0.500. The topological polar surface area (TPSA) is 55.2 Å². The maximum absolute atomic E-state index is 9.46. The largest absolute Gasteiger partial charge is 0.480 e. The van der Waals surface area contributed by atoms with Crippen LogP contribution in [0, 0.1) is 0 Å². The van der Waals surface area contributed by atoms with Gasteiger partial charge in [-0.25, -0.2) is 4.98 Å². The zero-order valence-electron chi connectivity index (χ0n) is 7.19. The average molecular weight is 168 g/mol. The van der Waals surface area contributed by atoms with Crippen molar-refractivity contribution in [3.05, 3.63) is 18.1 Å². The van der Waals surface area contributed by atoms with Gasteiger partial charge in [-0.3, -0.25) is 4.98 Å². The number of nitrogens with zero attached hydrogens (tertiary/aromatic N) is 2. The van der Waals surface area contributed by atoms with E-state index in [1.165, 1.54) is 19.5 Å². The minimum atomic E-state index is -0.589. The zero-order valence-corrected chi connectivity index (χ0v) is 7.19. The van der Waals surface area contributed by atoms with Crippen LogP contribution in [0.15, 0.2) is 12.4 Å². The first-order valence-corrected chi connectivity index (χ1v) is 3.82. The van der Waals surface area contributed by atoms with Crippen LogP contribution in [0.1, 0.15) is 25.1 Å². The fourth-order valence-corrected chi connectivity index (χ4v) is 0.915. The summed E-state index contributed by atoms with van der Waals surface area (Å²) in [5, 5.41) is 9.46. The number of aliphatic hydroxyl groups is 1. The molecule has 1 aromatic heterocycles.